The van der Waals surface area contributed by atoms with Crippen LogP contribution in [0.4, 0.5) is 22.0 Å². The Kier molecular flexibility index (Phi) is 9.02. The molecule has 1 spiro atoms. The fraction of sp³-hybridized carbons (Fsp3) is 0.517. The Morgan fingerprint density at radius 2 is 1.68 bits per heavy atom. The van der Waals surface area contributed by atoms with Crippen molar-refractivity contribution in [2.75, 3.05) is 26.2 Å². The van der Waals surface area contributed by atoms with Crippen LogP contribution in [0.3, 0.4) is 0 Å². The molecule has 0 saturated carbocycles. The lowest BCUT2D eigenvalue weighted by atomic mass is 9.76. The minimum atomic E-state index is -5.23. The van der Waals surface area contributed by atoms with E-state index in [1.54, 1.807) is 0 Å². The van der Waals surface area contributed by atoms with E-state index in [0.717, 1.165) is 28.3 Å². The first-order chi connectivity index (χ1) is 18.9. The third-order valence-corrected chi connectivity index (χ3v) is 7.58. The molecule has 2 aliphatic rings. The predicted molar refractivity (Wildman–Crippen MR) is 136 cm³/mol. The zero-order valence-electron chi connectivity index (χ0n) is 22.5. The number of para-hydroxylation sites is 1. The molecule has 2 aromatic rings. The summed E-state index contributed by atoms with van der Waals surface area (Å²) >= 11 is 0. The molecule has 1 atom stereocenters. The molecule has 0 bridgehead atoms. The lowest BCUT2D eigenvalue weighted by molar-refractivity contribution is -0.219. The SMILES string of the molecule is CC(C)COc1ccccc1CN1CCC2(CC1)CCN(C(=O)Cc1ccc(F)cc1F)C2OC(=O)C(F)(F)F. The van der Waals surface area contributed by atoms with Crippen molar-refractivity contribution in [3.8, 4) is 5.75 Å². The highest BCUT2D eigenvalue weighted by Gasteiger charge is 2.55. The number of piperidine rings is 1. The van der Waals surface area contributed by atoms with Crippen LogP contribution in [0.2, 0.25) is 0 Å². The molecular weight excluding hydrogens is 535 g/mol. The van der Waals surface area contributed by atoms with Gasteiger partial charge >= 0.3 is 12.1 Å². The number of ether oxygens (including phenoxy) is 2. The number of carbonyl (C=O) groups excluding carboxylic acids is 2. The van der Waals surface area contributed by atoms with E-state index < -0.39 is 47.8 Å². The Balaban J connectivity index is 1.48. The predicted octanol–water partition coefficient (Wildman–Crippen LogP) is 5.49. The van der Waals surface area contributed by atoms with Crippen LogP contribution in [0.1, 0.15) is 44.2 Å². The molecule has 2 aliphatic heterocycles. The first kappa shape index (κ1) is 29.8. The van der Waals surface area contributed by atoms with Gasteiger partial charge in [0.2, 0.25) is 5.91 Å². The zero-order chi connectivity index (χ0) is 29.1. The number of benzene rings is 2. The van der Waals surface area contributed by atoms with Crippen molar-refractivity contribution in [1.82, 2.24) is 9.80 Å². The second kappa shape index (κ2) is 12.1. The molecule has 2 aromatic carbocycles. The maximum Gasteiger partial charge on any atom is 0.491 e. The van der Waals surface area contributed by atoms with E-state index in [1.807, 2.05) is 24.3 Å². The van der Waals surface area contributed by atoms with E-state index in [0.29, 0.717) is 57.5 Å². The van der Waals surface area contributed by atoms with Crippen LogP contribution in [0.25, 0.3) is 0 Å². The van der Waals surface area contributed by atoms with Crippen molar-refractivity contribution in [2.24, 2.45) is 11.3 Å². The molecule has 1 amide bonds. The lowest BCUT2D eigenvalue weighted by Crippen LogP contribution is -2.51. The Morgan fingerprint density at radius 1 is 1.00 bits per heavy atom. The molecule has 40 heavy (non-hydrogen) atoms. The number of hydrogen-bond donors (Lipinski definition) is 0. The van der Waals surface area contributed by atoms with Gasteiger partial charge in [0.1, 0.15) is 17.4 Å². The average molecular weight is 569 g/mol. The van der Waals surface area contributed by atoms with Crippen LogP contribution in [0.5, 0.6) is 5.75 Å². The van der Waals surface area contributed by atoms with E-state index >= 15 is 0 Å². The van der Waals surface area contributed by atoms with Gasteiger partial charge in [0.25, 0.3) is 0 Å². The second-order valence-electron chi connectivity index (χ2n) is 11.0. The summed E-state index contributed by atoms with van der Waals surface area (Å²) in [7, 11) is 0. The number of amides is 1. The summed E-state index contributed by atoms with van der Waals surface area (Å²) in [5.74, 6) is -3.68. The van der Waals surface area contributed by atoms with Crippen LogP contribution in [0, 0.1) is 23.0 Å². The van der Waals surface area contributed by atoms with E-state index in [2.05, 4.69) is 18.7 Å². The fourth-order valence-corrected chi connectivity index (χ4v) is 5.38. The van der Waals surface area contributed by atoms with Gasteiger partial charge in [0.15, 0.2) is 6.23 Å². The smallest absolute Gasteiger partial charge is 0.491 e. The number of nitrogens with zero attached hydrogens (tertiary/aromatic N) is 2. The molecule has 218 valence electrons. The van der Waals surface area contributed by atoms with Gasteiger partial charge < -0.3 is 14.4 Å². The summed E-state index contributed by atoms with van der Waals surface area (Å²) < 4.78 is 78.0. The van der Waals surface area contributed by atoms with E-state index in [9.17, 15) is 31.5 Å². The number of likely N-dealkylation sites (tertiary alicyclic amines) is 2. The van der Waals surface area contributed by atoms with Crippen molar-refractivity contribution >= 4 is 11.9 Å². The van der Waals surface area contributed by atoms with E-state index in [4.69, 9.17) is 9.47 Å². The van der Waals surface area contributed by atoms with Gasteiger partial charge in [-0.25, -0.2) is 13.6 Å². The number of rotatable bonds is 8. The van der Waals surface area contributed by atoms with Crippen molar-refractivity contribution in [1.29, 1.82) is 0 Å². The Bertz CT molecular complexity index is 1210. The van der Waals surface area contributed by atoms with Crippen molar-refractivity contribution < 1.29 is 41.0 Å². The topological polar surface area (TPSA) is 59.1 Å². The summed E-state index contributed by atoms with van der Waals surface area (Å²) in [6, 6.07) is 10.4. The van der Waals surface area contributed by atoms with Crippen LogP contribution in [-0.2, 0) is 27.3 Å². The summed E-state index contributed by atoms with van der Waals surface area (Å²) in [5.41, 5.74) is 0.0207. The van der Waals surface area contributed by atoms with Crippen LogP contribution in [0.15, 0.2) is 42.5 Å². The number of hydrogen-bond acceptors (Lipinski definition) is 5. The maximum absolute atomic E-state index is 14.2. The molecule has 0 N–H and O–H groups in total. The quantitative estimate of drug-likeness (QED) is 0.312. The van der Waals surface area contributed by atoms with Crippen LogP contribution >= 0.6 is 0 Å². The first-order valence-corrected chi connectivity index (χ1v) is 13.3. The zero-order valence-corrected chi connectivity index (χ0v) is 22.5. The Hall–Kier alpha value is -3.21. The molecule has 6 nitrogen and oxygen atoms in total. The van der Waals surface area contributed by atoms with Gasteiger partial charge in [-0.1, -0.05) is 38.1 Å². The normalized spacial score (nSPS) is 19.3. The maximum atomic E-state index is 14.2. The molecule has 2 heterocycles. The molecule has 1 unspecified atom stereocenters. The first-order valence-electron chi connectivity index (χ1n) is 13.3. The highest BCUT2D eigenvalue weighted by molar-refractivity contribution is 5.80. The summed E-state index contributed by atoms with van der Waals surface area (Å²) in [6.07, 6.45) is -6.05. The molecule has 4 rings (SSSR count). The van der Waals surface area contributed by atoms with Gasteiger partial charge in [-0.05, 0) is 56.0 Å². The van der Waals surface area contributed by atoms with Gasteiger partial charge in [-0.15, -0.1) is 0 Å². The number of alkyl halides is 3. The average Bonchev–Trinajstić information content (AvgIpc) is 3.23. The molecule has 11 heteroatoms. The third kappa shape index (κ3) is 6.92. The van der Waals surface area contributed by atoms with Gasteiger partial charge in [-0.3, -0.25) is 9.69 Å². The highest BCUT2D eigenvalue weighted by Crippen LogP contribution is 2.47. The standard InChI is InChI=1S/C29H33F5N2O4/c1-19(2)18-39-24-6-4-3-5-21(24)17-35-12-9-28(10-13-35)11-14-36(26(28)40-27(38)29(32,33)34)25(37)15-20-7-8-22(30)16-23(20)31/h3-8,16,19,26H,9-15,17-18H2,1-2H3. The minimum absolute atomic E-state index is 0.0589. The van der Waals surface area contributed by atoms with Gasteiger partial charge in [0.05, 0.1) is 13.0 Å². The third-order valence-electron chi connectivity index (χ3n) is 7.58. The van der Waals surface area contributed by atoms with Crippen LogP contribution in [-0.4, -0.2) is 60.3 Å². The Labute approximate surface area is 230 Å². The summed E-state index contributed by atoms with van der Waals surface area (Å²) in [4.78, 5) is 28.3. The lowest BCUT2D eigenvalue weighted by Gasteiger charge is -2.43. The van der Waals surface area contributed by atoms with Crippen LogP contribution < -0.4 is 4.74 Å². The molecule has 0 aliphatic carbocycles. The van der Waals surface area contributed by atoms with Crippen molar-refractivity contribution in [2.45, 2.75) is 58.5 Å². The minimum Gasteiger partial charge on any atom is -0.493 e. The van der Waals surface area contributed by atoms with E-state index in [-0.39, 0.29) is 12.1 Å². The molecule has 2 fully saturated rings. The summed E-state index contributed by atoms with van der Waals surface area (Å²) in [5, 5.41) is 0. The molecular formula is C29H33F5N2O4. The monoisotopic (exact) mass is 568 g/mol. The number of esters is 1. The molecule has 2 saturated heterocycles. The summed E-state index contributed by atoms with van der Waals surface area (Å²) in [6.45, 7) is 6.33. The number of carbonyl (C=O) groups is 2. The van der Waals surface area contributed by atoms with Gasteiger partial charge in [0, 0.05) is 30.1 Å². The van der Waals surface area contributed by atoms with Gasteiger partial charge in [-0.2, -0.15) is 13.2 Å². The van der Waals surface area contributed by atoms with E-state index in [1.165, 1.54) is 0 Å². The molecule has 0 radical (unpaired) electrons. The number of halogens is 5. The second-order valence-corrected chi connectivity index (χ2v) is 11.0. The largest absolute Gasteiger partial charge is 0.493 e. The van der Waals surface area contributed by atoms with Crippen molar-refractivity contribution in [3.05, 3.63) is 65.2 Å². The highest BCUT2D eigenvalue weighted by atomic mass is 19.4. The fourth-order valence-electron chi connectivity index (χ4n) is 5.38. The van der Waals surface area contributed by atoms with Crippen molar-refractivity contribution in [3.63, 3.8) is 0 Å². The molecule has 0 aromatic heterocycles. The Morgan fingerprint density at radius 3 is 2.33 bits per heavy atom.